The third-order valence-electron chi connectivity index (χ3n) is 6.84. The van der Waals surface area contributed by atoms with Gasteiger partial charge in [-0.1, -0.05) is 0 Å². The molecule has 2 bridgehead atoms. The molecule has 1 unspecified atom stereocenters. The fraction of sp³-hybridized carbons (Fsp3) is 0.750. The molecular formula is C20H28N4O4. The summed E-state index contributed by atoms with van der Waals surface area (Å²) in [4.78, 5) is 24.1. The summed E-state index contributed by atoms with van der Waals surface area (Å²) in [6.07, 6.45) is 3.15. The van der Waals surface area contributed by atoms with Crippen molar-refractivity contribution in [1.82, 2.24) is 15.3 Å². The van der Waals surface area contributed by atoms with Crippen LogP contribution < -0.4 is 10.2 Å². The third-order valence-corrected chi connectivity index (χ3v) is 6.84. The number of nitrogens with zero attached hydrogens (tertiary/aromatic N) is 3. The highest BCUT2D eigenvalue weighted by molar-refractivity contribution is 5.80. The molecular weight excluding hydrogens is 360 g/mol. The molecule has 1 aromatic heterocycles. The number of aromatic nitrogens is 2. The Labute approximate surface area is 164 Å². The van der Waals surface area contributed by atoms with Crippen molar-refractivity contribution in [1.29, 1.82) is 0 Å². The number of carbonyl (C=O) groups excluding carboxylic acids is 1. The number of ether oxygens (including phenoxy) is 2. The molecule has 4 saturated heterocycles. The van der Waals surface area contributed by atoms with Gasteiger partial charge in [-0.05, 0) is 32.3 Å². The molecule has 0 spiro atoms. The van der Waals surface area contributed by atoms with E-state index in [1.165, 1.54) is 0 Å². The van der Waals surface area contributed by atoms with Gasteiger partial charge < -0.3 is 24.8 Å². The maximum Gasteiger partial charge on any atom is 0.226 e. The topological polar surface area (TPSA) is 96.8 Å². The van der Waals surface area contributed by atoms with E-state index in [9.17, 15) is 9.90 Å². The second-order valence-corrected chi connectivity index (χ2v) is 8.60. The average molecular weight is 388 g/mol. The first-order valence-electron chi connectivity index (χ1n) is 10.4. The van der Waals surface area contributed by atoms with Crippen molar-refractivity contribution >= 4 is 11.9 Å². The molecule has 1 aromatic rings. The standard InChI is InChI=1S/C20H28N4O4/c1-11-2-5-21-20(22-11)24-9-14-15(10-24)18-13(8-16(28-18)17(14)25)19(26)23-12-3-6-27-7-4-12/h2,5,12-18,25H,3-4,6-10H2,1H3,(H,23,26)/t13?,14-,15+,16+,17+,18-/m1/s1. The van der Waals surface area contributed by atoms with E-state index in [4.69, 9.17) is 9.47 Å². The van der Waals surface area contributed by atoms with Gasteiger partial charge in [0, 0.05) is 56.1 Å². The van der Waals surface area contributed by atoms with Crippen LogP contribution in [0, 0.1) is 24.7 Å². The molecule has 8 heteroatoms. The summed E-state index contributed by atoms with van der Waals surface area (Å²) in [5.74, 6) is 0.770. The van der Waals surface area contributed by atoms with Crippen molar-refractivity contribution in [2.45, 2.75) is 50.5 Å². The minimum Gasteiger partial charge on any atom is -0.390 e. The van der Waals surface area contributed by atoms with E-state index in [0.29, 0.717) is 38.7 Å². The van der Waals surface area contributed by atoms with Gasteiger partial charge in [-0.2, -0.15) is 0 Å². The predicted octanol–water partition coefficient (Wildman–Crippen LogP) is 0.281. The van der Waals surface area contributed by atoms with Crippen LogP contribution in [-0.4, -0.2) is 71.6 Å². The summed E-state index contributed by atoms with van der Waals surface area (Å²) in [5, 5.41) is 14.1. The molecule has 6 atom stereocenters. The first-order valence-corrected chi connectivity index (χ1v) is 10.4. The minimum atomic E-state index is -0.545. The Morgan fingerprint density at radius 1 is 1.29 bits per heavy atom. The third kappa shape index (κ3) is 3.17. The van der Waals surface area contributed by atoms with Gasteiger partial charge in [0.2, 0.25) is 11.9 Å². The zero-order valence-corrected chi connectivity index (χ0v) is 16.2. The molecule has 0 aliphatic carbocycles. The van der Waals surface area contributed by atoms with Gasteiger partial charge in [0.25, 0.3) is 0 Å². The van der Waals surface area contributed by atoms with Crippen molar-refractivity contribution < 1.29 is 19.4 Å². The van der Waals surface area contributed by atoms with Gasteiger partial charge in [-0.3, -0.25) is 4.79 Å². The van der Waals surface area contributed by atoms with Crippen LogP contribution in [0.4, 0.5) is 5.95 Å². The predicted molar refractivity (Wildman–Crippen MR) is 101 cm³/mol. The van der Waals surface area contributed by atoms with E-state index in [2.05, 4.69) is 20.2 Å². The van der Waals surface area contributed by atoms with Gasteiger partial charge in [0.15, 0.2) is 0 Å². The number of nitrogens with one attached hydrogen (secondary N) is 1. The molecule has 5 rings (SSSR count). The monoisotopic (exact) mass is 388 g/mol. The highest BCUT2D eigenvalue weighted by Crippen LogP contribution is 2.47. The molecule has 1 amide bonds. The Hall–Kier alpha value is -1.77. The number of aliphatic hydroxyl groups is 1. The van der Waals surface area contributed by atoms with Crippen molar-refractivity contribution in [3.63, 3.8) is 0 Å². The number of carbonyl (C=O) groups is 1. The number of anilines is 1. The SMILES string of the molecule is Cc1ccnc(N2C[C@H]3[C@H](O)[C@@H]4CC(C(=O)NC5CCOCC5)[C@@H](O4)[C@H]3C2)n1. The summed E-state index contributed by atoms with van der Waals surface area (Å²) in [5.41, 5.74) is 0.923. The summed E-state index contributed by atoms with van der Waals surface area (Å²) < 4.78 is 11.5. The average Bonchev–Trinajstić information content (AvgIpc) is 3.31. The van der Waals surface area contributed by atoms with Crippen LogP contribution in [0.2, 0.25) is 0 Å². The maximum atomic E-state index is 13.0. The first-order chi connectivity index (χ1) is 13.6. The van der Waals surface area contributed by atoms with Gasteiger partial charge in [-0.15, -0.1) is 0 Å². The summed E-state index contributed by atoms with van der Waals surface area (Å²) in [6.45, 7) is 4.77. The van der Waals surface area contributed by atoms with Crippen molar-refractivity contribution in [3.8, 4) is 0 Å². The van der Waals surface area contributed by atoms with E-state index in [0.717, 1.165) is 18.5 Å². The van der Waals surface area contributed by atoms with E-state index in [1.807, 2.05) is 13.0 Å². The molecule has 0 aromatic carbocycles. The Kier molecular flexibility index (Phi) is 4.72. The number of aryl methyl sites for hydroxylation is 1. The highest BCUT2D eigenvalue weighted by atomic mass is 16.5. The van der Waals surface area contributed by atoms with Crippen LogP contribution in [-0.2, 0) is 14.3 Å². The largest absolute Gasteiger partial charge is 0.390 e. The summed E-state index contributed by atoms with van der Waals surface area (Å²) >= 11 is 0. The quantitative estimate of drug-likeness (QED) is 0.768. The molecule has 28 heavy (non-hydrogen) atoms. The lowest BCUT2D eigenvalue weighted by molar-refractivity contribution is -0.141. The van der Waals surface area contributed by atoms with E-state index >= 15 is 0 Å². The Morgan fingerprint density at radius 3 is 2.86 bits per heavy atom. The molecule has 152 valence electrons. The zero-order chi connectivity index (χ0) is 19.3. The fourth-order valence-electron chi connectivity index (χ4n) is 5.35. The zero-order valence-electron chi connectivity index (χ0n) is 16.2. The molecule has 5 heterocycles. The molecule has 0 radical (unpaired) electrons. The second-order valence-electron chi connectivity index (χ2n) is 8.60. The van der Waals surface area contributed by atoms with Crippen molar-refractivity contribution in [3.05, 3.63) is 18.0 Å². The molecule has 0 saturated carbocycles. The lowest BCUT2D eigenvalue weighted by Crippen LogP contribution is -2.48. The van der Waals surface area contributed by atoms with E-state index in [1.54, 1.807) is 6.20 Å². The normalized spacial score (nSPS) is 37.7. The number of amides is 1. The van der Waals surface area contributed by atoms with E-state index in [-0.39, 0.29) is 41.9 Å². The van der Waals surface area contributed by atoms with Crippen LogP contribution in [0.5, 0.6) is 0 Å². The minimum absolute atomic E-state index is 0.0671. The van der Waals surface area contributed by atoms with Crippen LogP contribution in [0.15, 0.2) is 12.3 Å². The Balaban J connectivity index is 1.31. The molecule has 8 nitrogen and oxygen atoms in total. The Bertz CT molecular complexity index is 741. The number of hydrogen-bond acceptors (Lipinski definition) is 7. The van der Waals surface area contributed by atoms with Crippen LogP contribution in [0.1, 0.15) is 25.0 Å². The molecule has 4 aliphatic rings. The highest BCUT2D eigenvalue weighted by Gasteiger charge is 2.58. The van der Waals surface area contributed by atoms with E-state index < -0.39 is 6.10 Å². The number of hydrogen-bond donors (Lipinski definition) is 2. The number of rotatable bonds is 3. The number of aliphatic hydroxyl groups excluding tert-OH is 1. The number of fused-ring (bicyclic) bond motifs is 4. The fourth-order valence-corrected chi connectivity index (χ4v) is 5.35. The van der Waals surface area contributed by atoms with Crippen molar-refractivity contribution in [2.24, 2.45) is 17.8 Å². The molecule has 4 fully saturated rings. The molecule has 2 N–H and O–H groups in total. The first kappa shape index (κ1) is 18.3. The van der Waals surface area contributed by atoms with Crippen LogP contribution in [0.3, 0.4) is 0 Å². The maximum absolute atomic E-state index is 13.0. The summed E-state index contributed by atoms with van der Waals surface area (Å²) in [6, 6.07) is 2.06. The Morgan fingerprint density at radius 2 is 2.07 bits per heavy atom. The van der Waals surface area contributed by atoms with Gasteiger partial charge >= 0.3 is 0 Å². The van der Waals surface area contributed by atoms with Crippen LogP contribution in [0.25, 0.3) is 0 Å². The van der Waals surface area contributed by atoms with Gasteiger partial charge in [0.05, 0.1) is 24.2 Å². The lowest BCUT2D eigenvalue weighted by atomic mass is 9.83. The second kappa shape index (κ2) is 7.24. The van der Waals surface area contributed by atoms with Crippen LogP contribution >= 0.6 is 0 Å². The molecule has 4 aliphatic heterocycles. The van der Waals surface area contributed by atoms with Gasteiger partial charge in [-0.25, -0.2) is 9.97 Å². The lowest BCUT2D eigenvalue weighted by Gasteiger charge is -2.36. The smallest absolute Gasteiger partial charge is 0.226 e. The summed E-state index contributed by atoms with van der Waals surface area (Å²) in [7, 11) is 0. The van der Waals surface area contributed by atoms with Gasteiger partial charge in [0.1, 0.15) is 0 Å². The van der Waals surface area contributed by atoms with Crippen molar-refractivity contribution in [2.75, 3.05) is 31.2 Å².